The third-order valence-electron chi connectivity index (χ3n) is 3.36. The van der Waals surface area contributed by atoms with Gasteiger partial charge in [-0.15, -0.1) is 0 Å². The minimum atomic E-state index is -0.193. The van der Waals surface area contributed by atoms with Crippen molar-refractivity contribution in [3.05, 3.63) is 0 Å². The summed E-state index contributed by atoms with van der Waals surface area (Å²) in [5.74, 6) is 5.34. The summed E-state index contributed by atoms with van der Waals surface area (Å²) < 4.78 is 4.76. The van der Waals surface area contributed by atoms with Crippen LogP contribution in [0.25, 0.3) is 0 Å². The van der Waals surface area contributed by atoms with Crippen LogP contribution in [0.4, 0.5) is 0 Å². The number of carbonyl (C=O) groups is 1. The maximum atomic E-state index is 11.3. The SMILES string of the molecule is COC(=O)C12CCC(NN)(C1)C2. The van der Waals surface area contributed by atoms with Crippen LogP contribution in [0, 0.1) is 5.41 Å². The quantitative estimate of drug-likeness (QED) is 0.346. The summed E-state index contributed by atoms with van der Waals surface area (Å²) >= 11 is 0. The number of esters is 1. The van der Waals surface area contributed by atoms with E-state index in [1.165, 1.54) is 7.11 Å². The van der Waals surface area contributed by atoms with Gasteiger partial charge in [-0.3, -0.25) is 16.1 Å². The van der Waals surface area contributed by atoms with Crippen molar-refractivity contribution in [1.82, 2.24) is 5.43 Å². The highest BCUT2D eigenvalue weighted by Crippen LogP contribution is 2.61. The van der Waals surface area contributed by atoms with Gasteiger partial charge in [-0.2, -0.15) is 0 Å². The van der Waals surface area contributed by atoms with Crippen LogP contribution in [0.15, 0.2) is 0 Å². The Bertz CT molecular complexity index is 221. The second-order valence-corrected chi connectivity index (χ2v) is 4.05. The largest absolute Gasteiger partial charge is 0.469 e. The first-order chi connectivity index (χ1) is 5.66. The Morgan fingerprint density at radius 2 is 2.17 bits per heavy atom. The summed E-state index contributed by atoms with van der Waals surface area (Å²) in [5.41, 5.74) is 2.66. The molecule has 4 nitrogen and oxygen atoms in total. The first-order valence-electron chi connectivity index (χ1n) is 4.23. The van der Waals surface area contributed by atoms with Crippen molar-refractivity contribution in [2.24, 2.45) is 11.3 Å². The van der Waals surface area contributed by atoms with E-state index in [2.05, 4.69) is 5.43 Å². The molecule has 0 amide bonds. The molecule has 3 aliphatic rings. The Labute approximate surface area is 71.4 Å². The van der Waals surface area contributed by atoms with Gasteiger partial charge >= 0.3 is 5.97 Å². The summed E-state index contributed by atoms with van der Waals surface area (Å²) in [6.07, 6.45) is 3.62. The number of carbonyl (C=O) groups excluding carboxylic acids is 1. The van der Waals surface area contributed by atoms with Gasteiger partial charge in [-0.25, -0.2) is 0 Å². The fraction of sp³-hybridized carbons (Fsp3) is 0.875. The fourth-order valence-corrected chi connectivity index (χ4v) is 2.71. The van der Waals surface area contributed by atoms with Crippen LogP contribution in [0.3, 0.4) is 0 Å². The van der Waals surface area contributed by atoms with E-state index in [1.807, 2.05) is 0 Å². The monoisotopic (exact) mass is 170 g/mol. The molecule has 4 heteroatoms. The number of nitrogens with one attached hydrogen (secondary N) is 1. The van der Waals surface area contributed by atoms with Crippen molar-refractivity contribution >= 4 is 5.97 Å². The molecule has 0 unspecified atom stereocenters. The van der Waals surface area contributed by atoms with Crippen molar-refractivity contribution in [1.29, 1.82) is 0 Å². The van der Waals surface area contributed by atoms with Gasteiger partial charge in [0, 0.05) is 5.54 Å². The summed E-state index contributed by atoms with van der Waals surface area (Å²) in [6.45, 7) is 0. The molecule has 2 bridgehead atoms. The molecule has 0 aromatic carbocycles. The van der Waals surface area contributed by atoms with E-state index in [9.17, 15) is 4.79 Å². The van der Waals surface area contributed by atoms with Gasteiger partial charge in [-0.05, 0) is 25.7 Å². The lowest BCUT2D eigenvalue weighted by molar-refractivity contribution is -0.158. The van der Waals surface area contributed by atoms with Gasteiger partial charge in [-0.1, -0.05) is 0 Å². The van der Waals surface area contributed by atoms with Gasteiger partial charge in [0.2, 0.25) is 0 Å². The maximum absolute atomic E-state index is 11.3. The van der Waals surface area contributed by atoms with E-state index in [0.717, 1.165) is 25.7 Å². The number of hydrogen-bond donors (Lipinski definition) is 2. The summed E-state index contributed by atoms with van der Waals surface area (Å²) in [4.78, 5) is 11.3. The van der Waals surface area contributed by atoms with Crippen LogP contribution in [-0.4, -0.2) is 18.6 Å². The average molecular weight is 170 g/mol. The van der Waals surface area contributed by atoms with E-state index in [1.54, 1.807) is 0 Å². The number of hydrazine groups is 1. The molecule has 0 atom stereocenters. The van der Waals surface area contributed by atoms with Gasteiger partial charge in [0.15, 0.2) is 0 Å². The van der Waals surface area contributed by atoms with Crippen LogP contribution < -0.4 is 11.3 Å². The second-order valence-electron chi connectivity index (χ2n) is 4.05. The van der Waals surface area contributed by atoms with Crippen LogP contribution in [0.2, 0.25) is 0 Å². The molecular weight excluding hydrogens is 156 g/mol. The highest BCUT2D eigenvalue weighted by atomic mass is 16.5. The number of rotatable bonds is 2. The van der Waals surface area contributed by atoms with E-state index >= 15 is 0 Å². The predicted octanol–water partition coefficient (Wildman–Crippen LogP) is -0.0645. The van der Waals surface area contributed by atoms with Gasteiger partial charge in [0.05, 0.1) is 12.5 Å². The number of ether oxygens (including phenoxy) is 1. The summed E-state index contributed by atoms with van der Waals surface area (Å²) in [6, 6.07) is 0. The van der Waals surface area contributed by atoms with E-state index in [0.29, 0.717) is 0 Å². The number of fused-ring (bicyclic) bond motifs is 1. The average Bonchev–Trinajstić information content (AvgIpc) is 2.57. The minimum Gasteiger partial charge on any atom is -0.469 e. The molecule has 3 N–H and O–H groups in total. The Morgan fingerprint density at radius 1 is 1.50 bits per heavy atom. The van der Waals surface area contributed by atoms with Crippen molar-refractivity contribution in [2.75, 3.05) is 7.11 Å². The lowest BCUT2D eigenvalue weighted by Gasteiger charge is -2.44. The third-order valence-corrected chi connectivity index (χ3v) is 3.36. The number of methoxy groups -OCH3 is 1. The molecule has 3 aliphatic carbocycles. The lowest BCUT2D eigenvalue weighted by atomic mass is 9.65. The number of nitrogens with two attached hydrogens (primary N) is 1. The molecule has 0 radical (unpaired) electrons. The highest BCUT2D eigenvalue weighted by Gasteiger charge is 2.64. The molecule has 0 aromatic heterocycles. The molecular formula is C8H14N2O2. The first kappa shape index (κ1) is 8.01. The second kappa shape index (κ2) is 2.20. The highest BCUT2D eigenvalue weighted by molar-refractivity contribution is 5.79. The van der Waals surface area contributed by atoms with Gasteiger partial charge in [0.25, 0.3) is 0 Å². The van der Waals surface area contributed by atoms with Gasteiger partial charge < -0.3 is 4.74 Å². The molecule has 3 rings (SSSR count). The van der Waals surface area contributed by atoms with Crippen LogP contribution >= 0.6 is 0 Å². The zero-order chi connectivity index (χ0) is 8.82. The Hall–Kier alpha value is -0.610. The zero-order valence-corrected chi connectivity index (χ0v) is 7.22. The topological polar surface area (TPSA) is 64.3 Å². The Kier molecular flexibility index (Phi) is 1.47. The molecule has 0 saturated heterocycles. The summed E-state index contributed by atoms with van der Waals surface area (Å²) in [5, 5.41) is 0. The van der Waals surface area contributed by atoms with Crippen LogP contribution in [-0.2, 0) is 9.53 Å². The number of hydrogen-bond acceptors (Lipinski definition) is 4. The van der Waals surface area contributed by atoms with E-state index in [-0.39, 0.29) is 16.9 Å². The molecule has 12 heavy (non-hydrogen) atoms. The van der Waals surface area contributed by atoms with Crippen LogP contribution in [0.1, 0.15) is 25.7 Å². The maximum Gasteiger partial charge on any atom is 0.311 e. The van der Waals surface area contributed by atoms with Crippen molar-refractivity contribution in [3.8, 4) is 0 Å². The van der Waals surface area contributed by atoms with Crippen molar-refractivity contribution < 1.29 is 9.53 Å². The van der Waals surface area contributed by atoms with Gasteiger partial charge in [0.1, 0.15) is 0 Å². The molecule has 3 saturated carbocycles. The summed E-state index contributed by atoms with van der Waals surface area (Å²) in [7, 11) is 1.45. The molecule has 68 valence electrons. The Balaban J connectivity index is 2.09. The lowest BCUT2D eigenvalue weighted by Crippen LogP contribution is -2.58. The smallest absolute Gasteiger partial charge is 0.311 e. The predicted molar refractivity (Wildman–Crippen MR) is 43.0 cm³/mol. The third kappa shape index (κ3) is 0.765. The minimum absolute atomic E-state index is 0.0498. The molecule has 3 fully saturated rings. The van der Waals surface area contributed by atoms with Crippen molar-refractivity contribution in [3.63, 3.8) is 0 Å². The Morgan fingerprint density at radius 3 is 2.58 bits per heavy atom. The normalized spacial score (nSPS) is 43.8. The zero-order valence-electron chi connectivity index (χ0n) is 7.22. The molecule has 0 spiro atoms. The van der Waals surface area contributed by atoms with E-state index in [4.69, 9.17) is 10.6 Å². The molecule has 0 heterocycles. The van der Waals surface area contributed by atoms with Crippen molar-refractivity contribution in [2.45, 2.75) is 31.2 Å². The molecule has 0 aromatic rings. The molecule has 0 aliphatic heterocycles. The first-order valence-corrected chi connectivity index (χ1v) is 4.23. The standard InChI is InChI=1S/C8H14N2O2/c1-12-6(11)7-2-3-8(4-7,5-7)10-9/h10H,2-5,9H2,1H3. The fourth-order valence-electron chi connectivity index (χ4n) is 2.71. The van der Waals surface area contributed by atoms with Crippen LogP contribution in [0.5, 0.6) is 0 Å². The van der Waals surface area contributed by atoms with E-state index < -0.39 is 0 Å².